The predicted octanol–water partition coefficient (Wildman–Crippen LogP) is 4.93. The van der Waals surface area contributed by atoms with Crippen LogP contribution < -0.4 is 5.43 Å². The van der Waals surface area contributed by atoms with Crippen LogP contribution in [0, 0.1) is 0 Å². The van der Waals surface area contributed by atoms with Gasteiger partial charge < -0.3 is 13.9 Å². The molecular formula is C17H9Cl2N3O4S. The smallest absolute Gasteiger partial charge is 0.312 e. The van der Waals surface area contributed by atoms with Gasteiger partial charge in [0.2, 0.25) is 0 Å². The van der Waals surface area contributed by atoms with Gasteiger partial charge in [-0.05, 0) is 24.3 Å². The quantitative estimate of drug-likeness (QED) is 0.359. The zero-order valence-electron chi connectivity index (χ0n) is 13.3. The maximum absolute atomic E-state index is 12.3. The molecule has 0 aliphatic heterocycles. The summed E-state index contributed by atoms with van der Waals surface area (Å²) in [6, 6.07) is 8.47. The van der Waals surface area contributed by atoms with E-state index in [-0.39, 0.29) is 11.6 Å². The van der Waals surface area contributed by atoms with Gasteiger partial charge in [-0.15, -0.1) is 11.3 Å². The highest BCUT2D eigenvalue weighted by Crippen LogP contribution is 2.36. The van der Waals surface area contributed by atoms with E-state index in [1.165, 1.54) is 17.6 Å². The van der Waals surface area contributed by atoms with Gasteiger partial charge in [0.05, 0.1) is 17.5 Å². The molecule has 0 bridgehead atoms. The minimum atomic E-state index is -0.497. The standard InChI is InChI=1S/C17H9Cl2N3O4S/c18-8-3-4-9-12(6-8)27-14(13(9)19)15(23)22-20-7-10-17(24)26-16(21-10)11-2-1-5-25-11/h1-7,24H,(H,22,23). The molecule has 0 aliphatic rings. The average Bonchev–Trinajstić information content (AvgIpc) is 3.35. The van der Waals surface area contributed by atoms with Crippen LogP contribution in [0.3, 0.4) is 0 Å². The van der Waals surface area contributed by atoms with Gasteiger partial charge in [0.15, 0.2) is 11.5 Å². The van der Waals surface area contributed by atoms with E-state index in [1.807, 2.05) is 0 Å². The first kappa shape index (κ1) is 17.6. The summed E-state index contributed by atoms with van der Waals surface area (Å²) in [6.45, 7) is 0. The number of aromatic nitrogens is 1. The van der Waals surface area contributed by atoms with Crippen molar-refractivity contribution >= 4 is 56.7 Å². The molecule has 0 atom stereocenters. The van der Waals surface area contributed by atoms with Crippen LogP contribution in [0.1, 0.15) is 15.4 Å². The van der Waals surface area contributed by atoms with Crippen molar-refractivity contribution < 1.29 is 18.7 Å². The molecule has 3 aromatic heterocycles. The van der Waals surface area contributed by atoms with Crippen LogP contribution in [-0.4, -0.2) is 22.2 Å². The van der Waals surface area contributed by atoms with Crippen molar-refractivity contribution in [3.63, 3.8) is 0 Å². The van der Waals surface area contributed by atoms with Gasteiger partial charge >= 0.3 is 5.95 Å². The Morgan fingerprint density at radius 3 is 2.96 bits per heavy atom. The fourth-order valence-electron chi connectivity index (χ4n) is 2.30. The molecule has 4 rings (SSSR count). The monoisotopic (exact) mass is 421 g/mol. The molecule has 7 nitrogen and oxygen atoms in total. The molecular weight excluding hydrogens is 413 g/mol. The molecule has 0 fully saturated rings. The summed E-state index contributed by atoms with van der Waals surface area (Å²) in [5, 5.41) is 15.2. The first-order chi connectivity index (χ1) is 13.0. The average molecular weight is 422 g/mol. The van der Waals surface area contributed by atoms with Gasteiger partial charge in [0.1, 0.15) is 4.88 Å². The third kappa shape index (κ3) is 3.42. The first-order valence-electron chi connectivity index (χ1n) is 7.47. The van der Waals surface area contributed by atoms with Crippen LogP contribution in [0.4, 0.5) is 0 Å². The lowest BCUT2D eigenvalue weighted by Gasteiger charge is -1.96. The number of rotatable bonds is 4. The van der Waals surface area contributed by atoms with Crippen LogP contribution >= 0.6 is 34.5 Å². The second kappa shape index (κ2) is 7.07. The number of oxazole rings is 1. The largest absolute Gasteiger partial charge is 0.479 e. The molecule has 0 unspecified atom stereocenters. The van der Waals surface area contributed by atoms with Gasteiger partial charge in [-0.3, -0.25) is 4.79 Å². The number of furan rings is 1. The maximum atomic E-state index is 12.3. The number of aromatic hydroxyl groups is 1. The highest BCUT2D eigenvalue weighted by molar-refractivity contribution is 7.21. The van der Waals surface area contributed by atoms with Crippen molar-refractivity contribution in [2.24, 2.45) is 5.10 Å². The fourth-order valence-corrected chi connectivity index (χ4v) is 3.98. The van der Waals surface area contributed by atoms with E-state index in [1.54, 1.807) is 30.3 Å². The lowest BCUT2D eigenvalue weighted by atomic mass is 10.2. The molecule has 2 N–H and O–H groups in total. The number of benzene rings is 1. The van der Waals surface area contributed by atoms with Gasteiger partial charge in [-0.25, -0.2) is 10.4 Å². The highest BCUT2D eigenvalue weighted by Gasteiger charge is 2.18. The van der Waals surface area contributed by atoms with Crippen molar-refractivity contribution in [2.75, 3.05) is 0 Å². The fraction of sp³-hybridized carbons (Fsp3) is 0. The topological polar surface area (TPSA) is 101 Å². The van der Waals surface area contributed by atoms with Gasteiger partial charge in [-0.2, -0.15) is 5.10 Å². The Bertz CT molecular complexity index is 1160. The number of carbonyl (C=O) groups is 1. The van der Waals surface area contributed by atoms with Crippen LogP contribution in [0.25, 0.3) is 21.7 Å². The Morgan fingerprint density at radius 2 is 2.19 bits per heavy atom. The Kier molecular flexibility index (Phi) is 4.61. The summed E-state index contributed by atoms with van der Waals surface area (Å²) >= 11 is 13.4. The molecule has 0 saturated carbocycles. The number of thiophene rings is 1. The number of nitrogens with one attached hydrogen (secondary N) is 1. The minimum absolute atomic E-state index is 0.0379. The Labute approximate surface area is 165 Å². The second-order valence-electron chi connectivity index (χ2n) is 5.27. The second-order valence-corrected chi connectivity index (χ2v) is 7.14. The summed E-state index contributed by atoms with van der Waals surface area (Å²) in [6.07, 6.45) is 2.60. The molecule has 27 heavy (non-hydrogen) atoms. The zero-order chi connectivity index (χ0) is 19.0. The number of fused-ring (bicyclic) bond motifs is 1. The molecule has 0 radical (unpaired) electrons. The molecule has 1 amide bonds. The summed E-state index contributed by atoms with van der Waals surface area (Å²) < 4.78 is 11.0. The van der Waals surface area contributed by atoms with E-state index in [4.69, 9.17) is 32.0 Å². The summed E-state index contributed by atoms with van der Waals surface area (Å²) in [7, 11) is 0. The van der Waals surface area contributed by atoms with Crippen LogP contribution in [0.5, 0.6) is 5.95 Å². The maximum Gasteiger partial charge on any atom is 0.312 e. The Balaban J connectivity index is 1.52. The number of hydrazone groups is 1. The third-order valence-corrected chi connectivity index (χ3v) is 5.41. The Morgan fingerprint density at radius 1 is 1.33 bits per heavy atom. The van der Waals surface area contributed by atoms with E-state index >= 15 is 0 Å². The van der Waals surface area contributed by atoms with Gasteiger partial charge in [-0.1, -0.05) is 29.3 Å². The zero-order valence-corrected chi connectivity index (χ0v) is 15.6. The molecule has 4 aromatic rings. The summed E-state index contributed by atoms with van der Waals surface area (Å²) in [5.41, 5.74) is 2.38. The van der Waals surface area contributed by atoms with Crippen molar-refractivity contribution in [1.82, 2.24) is 10.4 Å². The van der Waals surface area contributed by atoms with Crippen molar-refractivity contribution in [2.45, 2.75) is 0 Å². The molecule has 3 heterocycles. The molecule has 0 spiro atoms. The lowest BCUT2D eigenvalue weighted by Crippen LogP contribution is -2.16. The normalized spacial score (nSPS) is 11.5. The molecule has 0 saturated heterocycles. The lowest BCUT2D eigenvalue weighted by molar-refractivity contribution is 0.0959. The molecule has 10 heteroatoms. The Hall–Kier alpha value is -2.81. The van der Waals surface area contributed by atoms with Crippen LogP contribution in [0.15, 0.2) is 50.5 Å². The number of hydrogen-bond acceptors (Lipinski definition) is 7. The summed E-state index contributed by atoms with van der Waals surface area (Å²) in [4.78, 5) is 16.7. The summed E-state index contributed by atoms with van der Waals surface area (Å²) in [5.74, 6) is -0.504. The molecule has 0 aliphatic carbocycles. The number of carbonyl (C=O) groups excluding carboxylic acids is 1. The van der Waals surface area contributed by atoms with E-state index in [0.717, 1.165) is 16.3 Å². The SMILES string of the molecule is O=C(NN=Cc1nc(-c2ccco2)oc1O)c1sc2cc(Cl)ccc2c1Cl. The number of halogens is 2. The first-order valence-corrected chi connectivity index (χ1v) is 9.05. The van der Waals surface area contributed by atoms with Crippen molar-refractivity contribution in [3.8, 4) is 17.6 Å². The van der Waals surface area contributed by atoms with Crippen molar-refractivity contribution in [1.29, 1.82) is 0 Å². The number of nitrogens with zero attached hydrogens (tertiary/aromatic N) is 2. The van der Waals surface area contributed by atoms with Crippen LogP contribution in [-0.2, 0) is 0 Å². The van der Waals surface area contributed by atoms with E-state index < -0.39 is 11.9 Å². The van der Waals surface area contributed by atoms with Crippen LogP contribution in [0.2, 0.25) is 10.0 Å². The number of hydrogen-bond donors (Lipinski definition) is 2. The van der Waals surface area contributed by atoms with E-state index in [0.29, 0.717) is 20.7 Å². The molecule has 136 valence electrons. The van der Waals surface area contributed by atoms with E-state index in [2.05, 4.69) is 15.5 Å². The minimum Gasteiger partial charge on any atom is -0.479 e. The van der Waals surface area contributed by atoms with Gasteiger partial charge in [0.25, 0.3) is 11.8 Å². The van der Waals surface area contributed by atoms with Gasteiger partial charge in [0, 0.05) is 15.1 Å². The van der Waals surface area contributed by atoms with Crippen molar-refractivity contribution in [3.05, 3.63) is 57.2 Å². The molecule has 1 aromatic carbocycles. The predicted molar refractivity (Wildman–Crippen MR) is 103 cm³/mol. The number of amides is 1. The highest BCUT2D eigenvalue weighted by atomic mass is 35.5. The van der Waals surface area contributed by atoms with E-state index in [9.17, 15) is 9.90 Å². The third-order valence-electron chi connectivity index (χ3n) is 3.52.